The van der Waals surface area contributed by atoms with E-state index in [-0.39, 0.29) is 28.0 Å². The Balaban J connectivity index is 1.35. The van der Waals surface area contributed by atoms with Gasteiger partial charge in [0.2, 0.25) is 5.82 Å². The number of para-hydroxylation sites is 1. The van der Waals surface area contributed by atoms with Crippen molar-refractivity contribution in [3.63, 3.8) is 0 Å². The molecule has 1 amide bonds. The van der Waals surface area contributed by atoms with Gasteiger partial charge in [0.1, 0.15) is 16.4 Å². The van der Waals surface area contributed by atoms with Gasteiger partial charge in [-0.15, -0.1) is 0 Å². The van der Waals surface area contributed by atoms with Crippen LogP contribution in [0.15, 0.2) is 97.6 Å². The van der Waals surface area contributed by atoms with Gasteiger partial charge in [-0.2, -0.15) is 9.78 Å². The number of hydrogen-bond donors (Lipinski definition) is 1. The number of carbonyl (C=O) groups is 1. The minimum absolute atomic E-state index is 0.0868. The molecular formula is C32H20BrCl2FN4O5. The minimum atomic E-state index is -0.538. The van der Waals surface area contributed by atoms with Crippen molar-refractivity contribution in [1.82, 2.24) is 9.66 Å². The number of amides is 1. The third-order valence-corrected chi connectivity index (χ3v) is 8.27. The Bertz CT molecular complexity index is 2200. The van der Waals surface area contributed by atoms with E-state index in [4.69, 9.17) is 37.1 Å². The Morgan fingerprint density at radius 2 is 1.93 bits per heavy atom. The fraction of sp³-hybridized carbons (Fsp3) is 0.0625. The van der Waals surface area contributed by atoms with Crippen molar-refractivity contribution < 1.29 is 23.1 Å². The van der Waals surface area contributed by atoms with Gasteiger partial charge in [-0.1, -0.05) is 41.4 Å². The van der Waals surface area contributed by atoms with E-state index < -0.39 is 23.9 Å². The van der Waals surface area contributed by atoms with Gasteiger partial charge >= 0.3 is 0 Å². The number of carbonyl (C=O) groups excluding carboxylic acids is 1. The van der Waals surface area contributed by atoms with Gasteiger partial charge in [0.05, 0.1) is 24.2 Å². The zero-order valence-corrected chi connectivity index (χ0v) is 26.3. The average molecular weight is 710 g/mol. The molecule has 226 valence electrons. The highest BCUT2D eigenvalue weighted by Gasteiger charge is 2.20. The van der Waals surface area contributed by atoms with Gasteiger partial charge in [-0.3, -0.25) is 9.59 Å². The first kappa shape index (κ1) is 30.3. The Kier molecular flexibility index (Phi) is 8.57. The van der Waals surface area contributed by atoms with E-state index in [0.717, 1.165) is 10.1 Å². The summed E-state index contributed by atoms with van der Waals surface area (Å²) in [6.07, 6.45) is 1.40. The normalized spacial score (nSPS) is 11.4. The standard InChI is InChI=1S/C32H20BrCl2FN4O5/c1-43-25-13-18(28(33)29(35)30(25)44-16-27(41)38-21-6-4-5-20(36)14-21)15-37-40-31(39-23-8-3-2-7-22(23)32(40)42)26-12-17-11-19(34)9-10-24(17)45-26/h2-15H,16H2,1H3,(H,38,41). The summed E-state index contributed by atoms with van der Waals surface area (Å²) < 4.78 is 32.1. The molecule has 0 radical (unpaired) electrons. The summed E-state index contributed by atoms with van der Waals surface area (Å²) >= 11 is 16.2. The first-order valence-corrected chi connectivity index (χ1v) is 14.8. The van der Waals surface area contributed by atoms with E-state index in [1.807, 2.05) is 0 Å². The Morgan fingerprint density at radius 3 is 2.73 bits per heavy atom. The molecule has 0 atom stereocenters. The van der Waals surface area contributed by atoms with Gasteiger partial charge in [0.25, 0.3) is 11.5 Å². The van der Waals surface area contributed by atoms with E-state index in [9.17, 15) is 14.0 Å². The van der Waals surface area contributed by atoms with Crippen molar-refractivity contribution in [3.8, 4) is 23.1 Å². The molecule has 6 rings (SSSR count). The van der Waals surface area contributed by atoms with Crippen molar-refractivity contribution in [3.05, 3.63) is 115 Å². The van der Waals surface area contributed by atoms with Crippen molar-refractivity contribution in [2.45, 2.75) is 0 Å². The number of nitrogens with one attached hydrogen (secondary N) is 1. The zero-order valence-electron chi connectivity index (χ0n) is 23.2. The SMILES string of the molecule is COc1cc(C=Nn2c(-c3cc4cc(Cl)ccc4o3)nc3ccccc3c2=O)c(Br)c(Cl)c1OCC(=O)Nc1cccc(F)c1. The summed E-state index contributed by atoms with van der Waals surface area (Å²) in [6.45, 7) is -0.434. The quantitative estimate of drug-likeness (QED) is 0.161. The van der Waals surface area contributed by atoms with Crippen LogP contribution in [0.25, 0.3) is 33.5 Å². The molecule has 0 aliphatic carbocycles. The second kappa shape index (κ2) is 12.7. The Hall–Kier alpha value is -4.71. The maximum Gasteiger partial charge on any atom is 0.282 e. The summed E-state index contributed by atoms with van der Waals surface area (Å²) in [5.74, 6) is -0.270. The number of halogens is 4. The first-order chi connectivity index (χ1) is 21.7. The number of fused-ring (bicyclic) bond motifs is 2. The number of nitrogens with zero attached hydrogens (tertiary/aromatic N) is 3. The van der Waals surface area contributed by atoms with Crippen LogP contribution in [-0.4, -0.2) is 35.5 Å². The Morgan fingerprint density at radius 1 is 1.11 bits per heavy atom. The maximum absolute atomic E-state index is 13.6. The molecule has 0 spiro atoms. The van der Waals surface area contributed by atoms with Crippen LogP contribution in [0.5, 0.6) is 11.5 Å². The summed E-state index contributed by atoms with van der Waals surface area (Å²) in [4.78, 5) is 30.8. The van der Waals surface area contributed by atoms with E-state index in [1.165, 1.54) is 31.5 Å². The molecule has 0 unspecified atom stereocenters. The monoisotopic (exact) mass is 708 g/mol. The molecule has 0 fully saturated rings. The van der Waals surface area contributed by atoms with Gasteiger partial charge in [-0.25, -0.2) is 9.37 Å². The zero-order chi connectivity index (χ0) is 31.7. The molecule has 0 aliphatic rings. The van der Waals surface area contributed by atoms with Gasteiger partial charge in [0.15, 0.2) is 23.9 Å². The lowest BCUT2D eigenvalue weighted by Crippen LogP contribution is -2.20. The molecule has 2 aromatic heterocycles. The first-order valence-electron chi connectivity index (χ1n) is 13.2. The third-order valence-electron chi connectivity index (χ3n) is 6.60. The van der Waals surface area contributed by atoms with Crippen molar-refractivity contribution >= 4 is 78.8 Å². The van der Waals surface area contributed by atoms with Gasteiger partial charge < -0.3 is 19.2 Å². The lowest BCUT2D eigenvalue weighted by molar-refractivity contribution is -0.118. The van der Waals surface area contributed by atoms with Crippen molar-refractivity contribution in [2.24, 2.45) is 5.10 Å². The smallest absolute Gasteiger partial charge is 0.282 e. The van der Waals surface area contributed by atoms with Crippen molar-refractivity contribution in [1.29, 1.82) is 0 Å². The minimum Gasteiger partial charge on any atom is -0.493 e. The van der Waals surface area contributed by atoms with Crippen LogP contribution >= 0.6 is 39.1 Å². The molecule has 13 heteroatoms. The van der Waals surface area contributed by atoms with Crippen LogP contribution in [0.1, 0.15) is 5.56 Å². The number of anilines is 1. The number of rotatable bonds is 8. The molecule has 0 saturated carbocycles. The van der Waals surface area contributed by atoms with Crippen LogP contribution in [0.2, 0.25) is 10.0 Å². The van der Waals surface area contributed by atoms with Crippen LogP contribution in [0, 0.1) is 5.82 Å². The highest BCUT2D eigenvalue weighted by Crippen LogP contribution is 2.42. The van der Waals surface area contributed by atoms with Gasteiger partial charge in [-0.05, 0) is 76.6 Å². The summed E-state index contributed by atoms with van der Waals surface area (Å²) in [7, 11) is 1.41. The predicted molar refractivity (Wildman–Crippen MR) is 175 cm³/mol. The molecule has 0 bridgehead atoms. The molecule has 6 aromatic rings. The van der Waals surface area contributed by atoms with E-state index >= 15 is 0 Å². The predicted octanol–water partition coefficient (Wildman–Crippen LogP) is 7.93. The summed E-state index contributed by atoms with van der Waals surface area (Å²) in [5, 5.41) is 8.74. The molecule has 45 heavy (non-hydrogen) atoms. The number of methoxy groups -OCH3 is 1. The second-order valence-corrected chi connectivity index (χ2v) is 11.2. The second-order valence-electron chi connectivity index (χ2n) is 9.58. The lowest BCUT2D eigenvalue weighted by atomic mass is 10.2. The number of hydrogen-bond acceptors (Lipinski definition) is 7. The summed E-state index contributed by atoms with van der Waals surface area (Å²) in [6, 6.07) is 20.9. The van der Waals surface area contributed by atoms with Crippen LogP contribution in [-0.2, 0) is 4.79 Å². The average Bonchev–Trinajstić information content (AvgIpc) is 3.45. The Labute approximate surface area is 272 Å². The molecule has 4 aromatic carbocycles. The van der Waals surface area contributed by atoms with Gasteiger partial charge in [0, 0.05) is 26.1 Å². The van der Waals surface area contributed by atoms with E-state index in [2.05, 4.69) is 31.3 Å². The molecular weight excluding hydrogens is 690 g/mol. The van der Waals surface area contributed by atoms with E-state index in [1.54, 1.807) is 60.7 Å². The number of benzene rings is 4. The maximum atomic E-state index is 13.6. The number of ether oxygens (including phenoxy) is 2. The highest BCUT2D eigenvalue weighted by molar-refractivity contribution is 9.10. The topological polar surface area (TPSA) is 108 Å². The molecule has 0 saturated heterocycles. The van der Waals surface area contributed by atoms with Crippen LogP contribution in [0.4, 0.5) is 10.1 Å². The molecule has 1 N–H and O–H groups in total. The third kappa shape index (κ3) is 6.28. The highest BCUT2D eigenvalue weighted by atomic mass is 79.9. The molecule has 2 heterocycles. The van der Waals surface area contributed by atoms with E-state index in [0.29, 0.717) is 37.3 Å². The lowest BCUT2D eigenvalue weighted by Gasteiger charge is -2.15. The van der Waals surface area contributed by atoms with Crippen LogP contribution in [0.3, 0.4) is 0 Å². The fourth-order valence-electron chi connectivity index (χ4n) is 4.52. The number of furan rings is 1. The van der Waals surface area contributed by atoms with Crippen molar-refractivity contribution in [2.75, 3.05) is 19.0 Å². The number of aromatic nitrogens is 2. The largest absolute Gasteiger partial charge is 0.493 e. The molecule has 0 aliphatic heterocycles. The molecule has 9 nitrogen and oxygen atoms in total. The van der Waals surface area contributed by atoms with Crippen LogP contribution < -0.4 is 20.3 Å². The fourth-order valence-corrected chi connectivity index (χ4v) is 5.35. The summed E-state index contributed by atoms with van der Waals surface area (Å²) in [5.41, 5.74) is 1.31.